The standard InChI is InChI=1S/C25H29N5O4/c1-25(2,3)34-24(33)29-14-11-19(12-15-29)30-13-5-8-21(30)23(32)26-18-7-4-6-17(16-18)20-9-10-22(31)28-27-20/h4-10,13,16,19H,11-12,14-15H2,1-3H3,(H,26,32)(H,28,31). The Morgan fingerprint density at radius 1 is 1.09 bits per heavy atom. The quantitative estimate of drug-likeness (QED) is 0.606. The van der Waals surface area contributed by atoms with Crippen LogP contribution in [0, 0.1) is 0 Å². The van der Waals surface area contributed by atoms with E-state index in [2.05, 4.69) is 15.5 Å². The highest BCUT2D eigenvalue weighted by Crippen LogP contribution is 2.27. The molecule has 1 aliphatic heterocycles. The summed E-state index contributed by atoms with van der Waals surface area (Å²) in [5.74, 6) is -0.217. The van der Waals surface area contributed by atoms with Crippen LogP contribution in [-0.2, 0) is 4.74 Å². The topological polar surface area (TPSA) is 109 Å². The Balaban J connectivity index is 1.42. The maximum Gasteiger partial charge on any atom is 0.410 e. The minimum atomic E-state index is -0.523. The number of aromatic nitrogens is 3. The fourth-order valence-electron chi connectivity index (χ4n) is 4.01. The van der Waals surface area contributed by atoms with Crippen LogP contribution in [0.2, 0.25) is 0 Å². The summed E-state index contributed by atoms with van der Waals surface area (Å²) in [5, 5.41) is 9.41. The Labute approximate surface area is 197 Å². The van der Waals surface area contributed by atoms with E-state index in [1.807, 2.05) is 55.8 Å². The molecule has 9 nitrogen and oxygen atoms in total. The summed E-state index contributed by atoms with van der Waals surface area (Å²) >= 11 is 0. The number of piperidine rings is 1. The second kappa shape index (κ2) is 9.54. The molecule has 0 radical (unpaired) electrons. The molecule has 1 aromatic carbocycles. The number of H-pyrrole nitrogens is 1. The average molecular weight is 464 g/mol. The molecule has 3 heterocycles. The first-order valence-corrected chi connectivity index (χ1v) is 11.3. The summed E-state index contributed by atoms with van der Waals surface area (Å²) in [6, 6.07) is 14.1. The van der Waals surface area contributed by atoms with Crippen molar-refractivity contribution >= 4 is 17.7 Å². The molecule has 34 heavy (non-hydrogen) atoms. The molecule has 1 aliphatic rings. The van der Waals surface area contributed by atoms with Crippen LogP contribution in [0.4, 0.5) is 10.5 Å². The lowest BCUT2D eigenvalue weighted by Gasteiger charge is -2.34. The van der Waals surface area contributed by atoms with Crippen LogP contribution in [0.5, 0.6) is 0 Å². The molecular weight excluding hydrogens is 434 g/mol. The Kier molecular flexibility index (Phi) is 6.54. The van der Waals surface area contributed by atoms with E-state index >= 15 is 0 Å². The molecule has 1 fully saturated rings. The van der Waals surface area contributed by atoms with Gasteiger partial charge in [-0.2, -0.15) is 5.10 Å². The first-order valence-electron chi connectivity index (χ1n) is 11.3. The lowest BCUT2D eigenvalue weighted by Crippen LogP contribution is -2.42. The van der Waals surface area contributed by atoms with E-state index in [0.717, 1.165) is 18.4 Å². The van der Waals surface area contributed by atoms with Crippen LogP contribution in [0.1, 0.15) is 50.1 Å². The number of nitrogens with zero attached hydrogens (tertiary/aromatic N) is 3. The molecule has 1 saturated heterocycles. The molecule has 4 rings (SSSR count). The molecule has 0 atom stereocenters. The zero-order valence-corrected chi connectivity index (χ0v) is 19.6. The van der Waals surface area contributed by atoms with Gasteiger partial charge in [0.2, 0.25) is 0 Å². The molecule has 9 heteroatoms. The number of aromatic amines is 1. The SMILES string of the molecule is CC(C)(C)OC(=O)N1CCC(n2cccc2C(=O)Nc2cccc(-c3ccc(=O)[nH]n3)c2)CC1. The molecule has 0 aliphatic carbocycles. The van der Waals surface area contributed by atoms with Gasteiger partial charge >= 0.3 is 6.09 Å². The molecule has 0 saturated carbocycles. The van der Waals surface area contributed by atoms with Gasteiger partial charge in [0.1, 0.15) is 11.3 Å². The number of rotatable bonds is 4. The third-order valence-electron chi connectivity index (χ3n) is 5.62. The van der Waals surface area contributed by atoms with Crippen molar-refractivity contribution in [1.82, 2.24) is 19.7 Å². The lowest BCUT2D eigenvalue weighted by molar-refractivity contribution is 0.0187. The Hall–Kier alpha value is -3.88. The minimum Gasteiger partial charge on any atom is -0.444 e. The zero-order chi connectivity index (χ0) is 24.3. The van der Waals surface area contributed by atoms with Crippen molar-refractivity contribution in [3.63, 3.8) is 0 Å². The third kappa shape index (κ3) is 5.54. The van der Waals surface area contributed by atoms with Crippen LogP contribution >= 0.6 is 0 Å². The number of likely N-dealkylation sites (tertiary alicyclic amines) is 1. The number of ether oxygens (including phenoxy) is 1. The number of hydrogen-bond donors (Lipinski definition) is 2. The smallest absolute Gasteiger partial charge is 0.410 e. The molecule has 2 N–H and O–H groups in total. The summed E-state index contributed by atoms with van der Waals surface area (Å²) in [6.45, 7) is 6.72. The van der Waals surface area contributed by atoms with Crippen molar-refractivity contribution in [2.75, 3.05) is 18.4 Å². The van der Waals surface area contributed by atoms with Crippen molar-refractivity contribution in [2.24, 2.45) is 0 Å². The molecule has 2 amide bonds. The summed E-state index contributed by atoms with van der Waals surface area (Å²) in [4.78, 5) is 38.4. The largest absolute Gasteiger partial charge is 0.444 e. The highest BCUT2D eigenvalue weighted by Gasteiger charge is 2.28. The number of amides is 2. The van der Waals surface area contributed by atoms with E-state index in [0.29, 0.717) is 30.2 Å². The van der Waals surface area contributed by atoms with Crippen molar-refractivity contribution in [1.29, 1.82) is 0 Å². The summed E-state index contributed by atoms with van der Waals surface area (Å²) in [7, 11) is 0. The maximum absolute atomic E-state index is 13.1. The first-order chi connectivity index (χ1) is 16.2. The van der Waals surface area contributed by atoms with E-state index in [1.54, 1.807) is 23.1 Å². The minimum absolute atomic E-state index is 0.117. The number of carbonyl (C=O) groups is 2. The molecule has 0 spiro atoms. The van der Waals surface area contributed by atoms with E-state index < -0.39 is 5.60 Å². The van der Waals surface area contributed by atoms with Crippen LogP contribution in [0.3, 0.4) is 0 Å². The van der Waals surface area contributed by atoms with E-state index in [9.17, 15) is 14.4 Å². The second-order valence-electron chi connectivity index (χ2n) is 9.34. The van der Waals surface area contributed by atoms with E-state index in [-0.39, 0.29) is 23.6 Å². The van der Waals surface area contributed by atoms with Crippen LogP contribution in [-0.4, -0.2) is 50.4 Å². The molecule has 2 aromatic heterocycles. The molecule has 0 unspecified atom stereocenters. The van der Waals surface area contributed by atoms with Gasteiger partial charge in [-0.1, -0.05) is 12.1 Å². The van der Waals surface area contributed by atoms with Gasteiger partial charge in [0.15, 0.2) is 0 Å². The predicted octanol–water partition coefficient (Wildman–Crippen LogP) is 4.06. The zero-order valence-electron chi connectivity index (χ0n) is 19.6. The molecule has 3 aromatic rings. The van der Waals surface area contributed by atoms with Gasteiger partial charge < -0.3 is 19.5 Å². The van der Waals surface area contributed by atoms with Crippen LogP contribution < -0.4 is 10.9 Å². The fourth-order valence-corrected chi connectivity index (χ4v) is 4.01. The van der Waals surface area contributed by atoms with Crippen molar-refractivity contribution < 1.29 is 14.3 Å². The normalized spacial score (nSPS) is 14.6. The Morgan fingerprint density at radius 3 is 2.53 bits per heavy atom. The van der Waals surface area contributed by atoms with Gasteiger partial charge in [-0.25, -0.2) is 9.89 Å². The van der Waals surface area contributed by atoms with Gasteiger partial charge in [-0.15, -0.1) is 0 Å². The highest BCUT2D eigenvalue weighted by molar-refractivity contribution is 6.03. The van der Waals surface area contributed by atoms with Gasteiger partial charge in [0, 0.05) is 42.6 Å². The Bertz CT molecular complexity index is 1210. The first kappa shape index (κ1) is 23.3. The number of anilines is 1. The average Bonchev–Trinajstić information content (AvgIpc) is 3.29. The van der Waals surface area contributed by atoms with Crippen molar-refractivity contribution in [3.8, 4) is 11.3 Å². The summed E-state index contributed by atoms with van der Waals surface area (Å²) < 4.78 is 7.45. The van der Waals surface area contributed by atoms with Crippen LogP contribution in [0.15, 0.2) is 59.5 Å². The van der Waals surface area contributed by atoms with Crippen molar-refractivity contribution in [3.05, 3.63) is 70.8 Å². The van der Waals surface area contributed by atoms with E-state index in [4.69, 9.17) is 4.74 Å². The lowest BCUT2D eigenvalue weighted by atomic mass is 10.0. The van der Waals surface area contributed by atoms with Crippen LogP contribution in [0.25, 0.3) is 11.3 Å². The third-order valence-corrected chi connectivity index (χ3v) is 5.62. The number of carbonyl (C=O) groups excluding carboxylic acids is 2. The fraction of sp³-hybridized carbons (Fsp3) is 0.360. The van der Waals surface area contributed by atoms with E-state index in [1.165, 1.54) is 6.07 Å². The summed E-state index contributed by atoms with van der Waals surface area (Å²) in [5.41, 5.74) is 1.78. The predicted molar refractivity (Wildman–Crippen MR) is 129 cm³/mol. The van der Waals surface area contributed by atoms with Gasteiger partial charge in [0.05, 0.1) is 5.69 Å². The maximum atomic E-state index is 13.1. The monoisotopic (exact) mass is 463 g/mol. The number of hydrogen-bond acceptors (Lipinski definition) is 5. The van der Waals surface area contributed by atoms with Gasteiger partial charge in [-0.3, -0.25) is 9.59 Å². The van der Waals surface area contributed by atoms with Gasteiger partial charge in [0.25, 0.3) is 11.5 Å². The van der Waals surface area contributed by atoms with Gasteiger partial charge in [-0.05, 0) is 63.9 Å². The molecular formula is C25H29N5O4. The summed E-state index contributed by atoms with van der Waals surface area (Å²) in [6.07, 6.45) is 3.08. The second-order valence-corrected chi connectivity index (χ2v) is 9.34. The molecule has 0 bridgehead atoms. The highest BCUT2D eigenvalue weighted by atomic mass is 16.6. The number of nitrogens with one attached hydrogen (secondary N) is 2. The molecule has 178 valence electrons. The Morgan fingerprint density at radius 2 is 1.85 bits per heavy atom. The number of benzene rings is 1. The van der Waals surface area contributed by atoms with Crippen molar-refractivity contribution in [2.45, 2.75) is 45.3 Å².